The molecule has 0 unspecified atom stereocenters. The van der Waals surface area contributed by atoms with E-state index in [4.69, 9.17) is 0 Å². The lowest BCUT2D eigenvalue weighted by atomic mass is 10.0. The van der Waals surface area contributed by atoms with Crippen molar-refractivity contribution < 1.29 is 0 Å². The number of hydrogen-bond donors (Lipinski definition) is 0. The first-order chi connectivity index (χ1) is 8.88. The van der Waals surface area contributed by atoms with Crippen LogP contribution >= 0.6 is 15.9 Å². The van der Waals surface area contributed by atoms with Gasteiger partial charge in [-0.3, -0.25) is 0 Å². The van der Waals surface area contributed by atoms with E-state index in [-0.39, 0.29) is 0 Å². The van der Waals surface area contributed by atoms with Crippen LogP contribution in [0.15, 0.2) is 54.6 Å². The summed E-state index contributed by atoms with van der Waals surface area (Å²) in [6.45, 7) is 0. The van der Waals surface area contributed by atoms with Crippen LogP contribution in [0.4, 0.5) is 0 Å². The van der Waals surface area contributed by atoms with E-state index in [1.807, 2.05) is 6.07 Å². The number of alkyl halides is 1. The molecule has 1 heteroatoms. The first-order valence-electron chi connectivity index (χ1n) is 6.06. The maximum atomic E-state index is 3.37. The summed E-state index contributed by atoms with van der Waals surface area (Å²) in [5.41, 5.74) is 3.76. The van der Waals surface area contributed by atoms with Gasteiger partial charge in [-0.25, -0.2) is 0 Å². The molecule has 0 nitrogen and oxygen atoms in total. The highest BCUT2D eigenvalue weighted by atomic mass is 79.9. The van der Waals surface area contributed by atoms with Crippen LogP contribution in [0.1, 0.15) is 23.1 Å². The van der Waals surface area contributed by atoms with Gasteiger partial charge in [0.05, 0.1) is 0 Å². The van der Waals surface area contributed by atoms with E-state index in [9.17, 15) is 0 Å². The molecule has 2 aromatic carbocycles. The van der Waals surface area contributed by atoms with Gasteiger partial charge < -0.3 is 0 Å². The number of benzene rings is 2. The molecule has 0 amide bonds. The van der Waals surface area contributed by atoms with Crippen molar-refractivity contribution in [3.05, 3.63) is 71.3 Å². The molecule has 0 fully saturated rings. The molecule has 0 aliphatic heterocycles. The van der Waals surface area contributed by atoms with Gasteiger partial charge >= 0.3 is 0 Å². The standard InChI is InChI=1S/C17H15Br/c18-13-5-4-6-15-9-11-17(12-10-15)14-16-7-2-1-3-8-16/h1-3,7-12H,5,13-14H2. The lowest BCUT2D eigenvalue weighted by Crippen LogP contribution is -1.87. The lowest BCUT2D eigenvalue weighted by Gasteiger charge is -2.01. The van der Waals surface area contributed by atoms with Crippen molar-refractivity contribution in [3.63, 3.8) is 0 Å². The van der Waals surface area contributed by atoms with E-state index in [0.29, 0.717) is 0 Å². The molecule has 0 N–H and O–H groups in total. The van der Waals surface area contributed by atoms with Gasteiger partial charge in [0.15, 0.2) is 0 Å². The zero-order valence-electron chi connectivity index (χ0n) is 10.2. The van der Waals surface area contributed by atoms with Crippen LogP contribution in [0.25, 0.3) is 0 Å². The Morgan fingerprint density at radius 3 is 2.17 bits per heavy atom. The molecule has 0 aromatic heterocycles. The second kappa shape index (κ2) is 7.03. The van der Waals surface area contributed by atoms with Crippen LogP contribution < -0.4 is 0 Å². The number of hydrogen-bond acceptors (Lipinski definition) is 0. The zero-order chi connectivity index (χ0) is 12.6. The molecule has 18 heavy (non-hydrogen) atoms. The Labute approximate surface area is 117 Å². The van der Waals surface area contributed by atoms with E-state index >= 15 is 0 Å². The predicted molar refractivity (Wildman–Crippen MR) is 81.0 cm³/mol. The average Bonchev–Trinajstić information content (AvgIpc) is 2.42. The molecule has 0 heterocycles. The average molecular weight is 299 g/mol. The van der Waals surface area contributed by atoms with Gasteiger partial charge in [-0.15, -0.1) is 0 Å². The van der Waals surface area contributed by atoms with E-state index in [1.54, 1.807) is 0 Å². The van der Waals surface area contributed by atoms with E-state index in [1.165, 1.54) is 11.1 Å². The molecule has 0 bridgehead atoms. The summed E-state index contributed by atoms with van der Waals surface area (Å²) in [5.74, 6) is 6.28. The monoisotopic (exact) mass is 298 g/mol. The van der Waals surface area contributed by atoms with Gasteiger partial charge in [-0.1, -0.05) is 70.2 Å². The molecule has 0 radical (unpaired) electrons. The molecule has 0 aliphatic rings. The van der Waals surface area contributed by atoms with Gasteiger partial charge in [-0.05, 0) is 29.7 Å². The second-order valence-electron chi connectivity index (χ2n) is 4.10. The Morgan fingerprint density at radius 2 is 1.50 bits per heavy atom. The highest BCUT2D eigenvalue weighted by Crippen LogP contribution is 2.10. The van der Waals surface area contributed by atoms with E-state index < -0.39 is 0 Å². The van der Waals surface area contributed by atoms with Gasteiger partial charge in [0, 0.05) is 17.3 Å². The summed E-state index contributed by atoms with van der Waals surface area (Å²) >= 11 is 3.37. The van der Waals surface area contributed by atoms with Crippen LogP contribution in [0.5, 0.6) is 0 Å². The third kappa shape index (κ3) is 4.05. The molecule has 0 spiro atoms. The third-order valence-electron chi connectivity index (χ3n) is 2.66. The van der Waals surface area contributed by atoms with Gasteiger partial charge in [0.1, 0.15) is 0 Å². The molecule has 0 atom stereocenters. The van der Waals surface area contributed by atoms with Crippen molar-refractivity contribution in [3.8, 4) is 11.8 Å². The van der Waals surface area contributed by atoms with Crippen molar-refractivity contribution in [2.24, 2.45) is 0 Å². The quantitative estimate of drug-likeness (QED) is 0.581. The van der Waals surface area contributed by atoms with Crippen molar-refractivity contribution in [2.75, 3.05) is 5.33 Å². The minimum Gasteiger partial charge on any atom is -0.0970 e. The number of rotatable bonds is 3. The van der Waals surface area contributed by atoms with Crippen LogP contribution in [-0.2, 0) is 6.42 Å². The number of halogens is 1. The van der Waals surface area contributed by atoms with Gasteiger partial charge in [-0.2, -0.15) is 0 Å². The van der Waals surface area contributed by atoms with Crippen molar-refractivity contribution in [1.82, 2.24) is 0 Å². The summed E-state index contributed by atoms with van der Waals surface area (Å²) in [7, 11) is 0. The summed E-state index contributed by atoms with van der Waals surface area (Å²) < 4.78 is 0. The van der Waals surface area contributed by atoms with Crippen molar-refractivity contribution in [1.29, 1.82) is 0 Å². The van der Waals surface area contributed by atoms with Crippen LogP contribution in [0.2, 0.25) is 0 Å². The third-order valence-corrected chi connectivity index (χ3v) is 3.05. The summed E-state index contributed by atoms with van der Waals surface area (Å²) in [6, 6.07) is 19.0. The van der Waals surface area contributed by atoms with Gasteiger partial charge in [0.25, 0.3) is 0 Å². The molecule has 2 rings (SSSR count). The highest BCUT2D eigenvalue weighted by Gasteiger charge is 1.95. The van der Waals surface area contributed by atoms with Crippen molar-refractivity contribution in [2.45, 2.75) is 12.8 Å². The lowest BCUT2D eigenvalue weighted by molar-refractivity contribution is 1.19. The molecule has 2 aromatic rings. The SMILES string of the molecule is BrCCC#Cc1ccc(Cc2ccccc2)cc1. The Bertz CT molecular complexity index is 529. The molecule has 0 saturated carbocycles. The summed E-state index contributed by atoms with van der Waals surface area (Å²) in [5, 5.41) is 0.937. The minimum atomic E-state index is 0.895. The molecule has 0 saturated heterocycles. The fourth-order valence-electron chi connectivity index (χ4n) is 1.75. The van der Waals surface area contributed by atoms with Crippen LogP contribution in [-0.4, -0.2) is 5.33 Å². The smallest absolute Gasteiger partial charge is 0.0245 e. The normalized spacial score (nSPS) is 9.61. The van der Waals surface area contributed by atoms with E-state index in [2.05, 4.69) is 76.3 Å². The Hall–Kier alpha value is -1.52. The first-order valence-corrected chi connectivity index (χ1v) is 7.18. The molecular formula is C17H15Br. The fourth-order valence-corrected chi connectivity index (χ4v) is 1.95. The Kier molecular flexibility index (Phi) is 5.05. The fraction of sp³-hybridized carbons (Fsp3) is 0.176. The maximum Gasteiger partial charge on any atom is 0.0245 e. The minimum absolute atomic E-state index is 0.895. The van der Waals surface area contributed by atoms with E-state index in [0.717, 1.165) is 23.7 Å². The maximum absolute atomic E-state index is 3.37. The second-order valence-corrected chi connectivity index (χ2v) is 4.89. The highest BCUT2D eigenvalue weighted by molar-refractivity contribution is 9.09. The summed E-state index contributed by atoms with van der Waals surface area (Å²) in [6.07, 6.45) is 1.88. The first kappa shape index (κ1) is 12.9. The molecule has 0 aliphatic carbocycles. The predicted octanol–water partition coefficient (Wildman–Crippen LogP) is 4.41. The van der Waals surface area contributed by atoms with Crippen LogP contribution in [0.3, 0.4) is 0 Å². The largest absolute Gasteiger partial charge is 0.0970 e. The molecule has 90 valence electrons. The van der Waals surface area contributed by atoms with Gasteiger partial charge in [0.2, 0.25) is 0 Å². The topological polar surface area (TPSA) is 0 Å². The molecular weight excluding hydrogens is 284 g/mol. The Morgan fingerprint density at radius 1 is 0.833 bits per heavy atom. The van der Waals surface area contributed by atoms with Crippen molar-refractivity contribution >= 4 is 15.9 Å². The zero-order valence-corrected chi connectivity index (χ0v) is 11.8. The summed E-state index contributed by atoms with van der Waals surface area (Å²) in [4.78, 5) is 0. The Balaban J connectivity index is 2.02. The van der Waals surface area contributed by atoms with Crippen LogP contribution in [0, 0.1) is 11.8 Å².